The van der Waals surface area contributed by atoms with Crippen LogP contribution in [0.3, 0.4) is 0 Å². The van der Waals surface area contributed by atoms with E-state index < -0.39 is 14.8 Å². The summed E-state index contributed by atoms with van der Waals surface area (Å²) in [5, 5.41) is 0. The third kappa shape index (κ3) is 3.43. The lowest BCUT2D eigenvalue weighted by molar-refractivity contribution is 0.252. The SMILES string of the molecule is O=S(=O)(Cl)c1ccc(SC(F)F)cc1. The van der Waals surface area contributed by atoms with Crippen molar-refractivity contribution in [3.8, 4) is 0 Å². The second-order valence-corrected chi connectivity index (χ2v) is 5.92. The van der Waals surface area contributed by atoms with E-state index >= 15 is 0 Å². The van der Waals surface area contributed by atoms with E-state index in [-0.39, 0.29) is 4.90 Å². The Morgan fingerprint density at radius 3 is 2.07 bits per heavy atom. The number of thioether (sulfide) groups is 1. The zero-order valence-electron chi connectivity index (χ0n) is 6.65. The first kappa shape index (κ1) is 11.7. The molecule has 0 saturated heterocycles. The highest BCUT2D eigenvalue weighted by Crippen LogP contribution is 2.26. The van der Waals surface area contributed by atoms with Crippen LogP contribution in [0.5, 0.6) is 0 Å². The first-order valence-electron chi connectivity index (χ1n) is 3.39. The minimum Gasteiger partial charge on any atom is -0.207 e. The number of halogens is 3. The summed E-state index contributed by atoms with van der Waals surface area (Å²) in [7, 11) is 1.26. The van der Waals surface area contributed by atoms with Gasteiger partial charge in [0.1, 0.15) is 0 Å². The van der Waals surface area contributed by atoms with E-state index in [1.807, 2.05) is 0 Å². The second kappa shape index (κ2) is 4.46. The predicted molar refractivity (Wildman–Crippen MR) is 51.3 cm³/mol. The van der Waals surface area contributed by atoms with E-state index in [1.54, 1.807) is 0 Å². The normalized spacial score (nSPS) is 12.0. The fourth-order valence-corrected chi connectivity index (χ4v) is 2.05. The fraction of sp³-hybridized carbons (Fsp3) is 0.143. The van der Waals surface area contributed by atoms with E-state index in [0.717, 1.165) is 0 Å². The molecule has 78 valence electrons. The van der Waals surface area contributed by atoms with Crippen molar-refractivity contribution in [2.45, 2.75) is 15.5 Å². The summed E-state index contributed by atoms with van der Waals surface area (Å²) in [6, 6.07) is 4.94. The van der Waals surface area contributed by atoms with Gasteiger partial charge in [0.05, 0.1) is 4.90 Å². The van der Waals surface area contributed by atoms with E-state index in [1.165, 1.54) is 24.3 Å². The number of hydrogen-bond acceptors (Lipinski definition) is 3. The number of hydrogen-bond donors (Lipinski definition) is 0. The molecule has 0 bridgehead atoms. The van der Waals surface area contributed by atoms with Crippen molar-refractivity contribution in [3.05, 3.63) is 24.3 Å². The quantitative estimate of drug-likeness (QED) is 0.618. The summed E-state index contributed by atoms with van der Waals surface area (Å²) in [6.07, 6.45) is 0. The Bertz CT molecular complexity index is 402. The molecule has 0 saturated carbocycles. The van der Waals surface area contributed by atoms with Crippen LogP contribution in [0, 0.1) is 0 Å². The Morgan fingerprint density at radius 1 is 1.21 bits per heavy atom. The molecule has 7 heteroatoms. The topological polar surface area (TPSA) is 34.1 Å². The van der Waals surface area contributed by atoms with Gasteiger partial charge in [-0.05, 0) is 24.3 Å². The zero-order chi connectivity index (χ0) is 10.8. The minimum absolute atomic E-state index is 0.0993. The molecule has 0 aliphatic carbocycles. The maximum atomic E-state index is 11.9. The van der Waals surface area contributed by atoms with Crippen molar-refractivity contribution >= 4 is 31.5 Å². The van der Waals surface area contributed by atoms with Gasteiger partial charge >= 0.3 is 0 Å². The third-order valence-corrected chi connectivity index (χ3v) is 3.42. The van der Waals surface area contributed by atoms with Crippen LogP contribution < -0.4 is 0 Å². The molecule has 0 N–H and O–H groups in total. The summed E-state index contributed by atoms with van der Waals surface area (Å²) in [5.41, 5.74) is 0. The Balaban J connectivity index is 2.90. The smallest absolute Gasteiger partial charge is 0.207 e. The highest BCUT2D eigenvalue weighted by Gasteiger charge is 2.10. The summed E-state index contributed by atoms with van der Waals surface area (Å²) in [4.78, 5) is 0.196. The van der Waals surface area contributed by atoms with Crippen LogP contribution in [0.25, 0.3) is 0 Å². The monoisotopic (exact) mass is 258 g/mol. The van der Waals surface area contributed by atoms with Crippen molar-refractivity contribution in [1.82, 2.24) is 0 Å². The molecule has 0 radical (unpaired) electrons. The molecule has 0 aliphatic heterocycles. The van der Waals surface area contributed by atoms with Crippen LogP contribution in [0.1, 0.15) is 0 Å². The average Bonchev–Trinajstić information content (AvgIpc) is 2.02. The summed E-state index contributed by atoms with van der Waals surface area (Å²) in [6.45, 7) is 0. The van der Waals surface area contributed by atoms with Crippen molar-refractivity contribution in [3.63, 3.8) is 0 Å². The Hall–Kier alpha value is -0.330. The highest BCUT2D eigenvalue weighted by atomic mass is 35.7. The molecule has 0 spiro atoms. The summed E-state index contributed by atoms with van der Waals surface area (Å²) >= 11 is 0.347. The first-order chi connectivity index (χ1) is 6.39. The van der Waals surface area contributed by atoms with Gasteiger partial charge in [0.15, 0.2) is 0 Å². The predicted octanol–water partition coefficient (Wildman–Crippen LogP) is 2.93. The average molecular weight is 259 g/mol. The van der Waals surface area contributed by atoms with Crippen LogP contribution in [-0.2, 0) is 9.05 Å². The van der Waals surface area contributed by atoms with Crippen LogP contribution in [-0.4, -0.2) is 14.2 Å². The third-order valence-electron chi connectivity index (χ3n) is 1.33. The van der Waals surface area contributed by atoms with Gasteiger partial charge in [0.2, 0.25) is 0 Å². The fourth-order valence-electron chi connectivity index (χ4n) is 0.784. The van der Waals surface area contributed by atoms with Gasteiger partial charge in [-0.15, -0.1) is 0 Å². The Morgan fingerprint density at radius 2 is 1.71 bits per heavy atom. The molecule has 0 atom stereocenters. The molecular formula is C7H5ClF2O2S2. The summed E-state index contributed by atoms with van der Waals surface area (Å²) in [5.74, 6) is -2.52. The molecule has 0 aromatic heterocycles. The molecule has 14 heavy (non-hydrogen) atoms. The van der Waals surface area contributed by atoms with Crippen molar-refractivity contribution in [2.24, 2.45) is 0 Å². The zero-order valence-corrected chi connectivity index (χ0v) is 9.04. The molecule has 0 heterocycles. The number of rotatable bonds is 3. The molecule has 0 fully saturated rings. The van der Waals surface area contributed by atoms with Crippen LogP contribution >= 0.6 is 22.4 Å². The summed E-state index contributed by atoms with van der Waals surface area (Å²) < 4.78 is 45.3. The molecule has 1 aromatic rings. The van der Waals surface area contributed by atoms with E-state index in [4.69, 9.17) is 10.7 Å². The van der Waals surface area contributed by atoms with Gasteiger partial charge in [-0.25, -0.2) is 8.42 Å². The van der Waals surface area contributed by atoms with Gasteiger partial charge < -0.3 is 0 Å². The van der Waals surface area contributed by atoms with Crippen LogP contribution in [0.2, 0.25) is 0 Å². The molecule has 1 rings (SSSR count). The van der Waals surface area contributed by atoms with Crippen LogP contribution in [0.15, 0.2) is 34.1 Å². The Labute approximate surface area is 88.7 Å². The lowest BCUT2D eigenvalue weighted by atomic mass is 10.4. The highest BCUT2D eigenvalue weighted by molar-refractivity contribution is 8.13. The van der Waals surface area contributed by atoms with Gasteiger partial charge in [-0.1, -0.05) is 11.8 Å². The van der Waals surface area contributed by atoms with Crippen molar-refractivity contribution in [1.29, 1.82) is 0 Å². The number of benzene rings is 1. The van der Waals surface area contributed by atoms with Crippen molar-refractivity contribution < 1.29 is 17.2 Å². The van der Waals surface area contributed by atoms with E-state index in [2.05, 4.69) is 0 Å². The van der Waals surface area contributed by atoms with E-state index in [0.29, 0.717) is 16.7 Å². The van der Waals surface area contributed by atoms with Gasteiger partial charge in [0, 0.05) is 15.6 Å². The van der Waals surface area contributed by atoms with Crippen LogP contribution in [0.4, 0.5) is 8.78 Å². The lowest BCUT2D eigenvalue weighted by Crippen LogP contribution is -1.90. The largest absolute Gasteiger partial charge is 0.288 e. The molecule has 0 aliphatic rings. The first-order valence-corrected chi connectivity index (χ1v) is 6.58. The maximum absolute atomic E-state index is 11.9. The maximum Gasteiger partial charge on any atom is 0.288 e. The van der Waals surface area contributed by atoms with E-state index in [9.17, 15) is 17.2 Å². The lowest BCUT2D eigenvalue weighted by Gasteiger charge is -2.00. The standard InChI is InChI=1S/C7H5ClF2O2S2/c8-14(11,12)6-3-1-5(2-4-6)13-7(9)10/h1-4,7H. The second-order valence-electron chi connectivity index (χ2n) is 2.29. The molecule has 2 nitrogen and oxygen atoms in total. The minimum atomic E-state index is -3.77. The van der Waals surface area contributed by atoms with Gasteiger partial charge in [-0.2, -0.15) is 8.78 Å². The molecular weight excluding hydrogens is 254 g/mol. The molecule has 1 aromatic carbocycles. The van der Waals surface area contributed by atoms with Gasteiger partial charge in [-0.3, -0.25) is 0 Å². The molecule has 0 unspecified atom stereocenters. The van der Waals surface area contributed by atoms with Gasteiger partial charge in [0.25, 0.3) is 14.8 Å². The number of alkyl halides is 2. The Kier molecular flexibility index (Phi) is 3.74. The van der Waals surface area contributed by atoms with Crippen molar-refractivity contribution in [2.75, 3.05) is 0 Å². The molecule has 0 amide bonds.